The van der Waals surface area contributed by atoms with E-state index in [4.69, 9.17) is 34.8 Å². The highest BCUT2D eigenvalue weighted by molar-refractivity contribution is 7.92. The molecule has 2 amide bonds. The number of aryl methyl sites for hydroxylation is 1. The van der Waals surface area contributed by atoms with E-state index in [0.29, 0.717) is 32.9 Å². The van der Waals surface area contributed by atoms with E-state index in [2.05, 4.69) is 5.32 Å². The molecule has 1 atom stereocenters. The fraction of sp³-hybridized carbons (Fsp3) is 0.212. The van der Waals surface area contributed by atoms with Crippen molar-refractivity contribution in [2.45, 2.75) is 37.8 Å². The Morgan fingerprint density at radius 2 is 1.52 bits per heavy atom. The molecule has 230 valence electrons. The van der Waals surface area contributed by atoms with Crippen molar-refractivity contribution >= 4 is 62.3 Å². The predicted molar refractivity (Wildman–Crippen MR) is 177 cm³/mol. The molecule has 0 saturated carbocycles. The van der Waals surface area contributed by atoms with Crippen LogP contribution in [0.15, 0.2) is 102 Å². The molecule has 0 aliphatic carbocycles. The van der Waals surface area contributed by atoms with Crippen LogP contribution in [0.5, 0.6) is 0 Å². The van der Waals surface area contributed by atoms with Crippen LogP contribution in [0.25, 0.3) is 0 Å². The normalized spacial score (nSPS) is 11.9. The minimum absolute atomic E-state index is 0.0208. The summed E-state index contributed by atoms with van der Waals surface area (Å²) < 4.78 is 29.2. The lowest BCUT2D eigenvalue weighted by Gasteiger charge is -2.34. The third-order valence-corrected chi connectivity index (χ3v) is 9.71. The maximum Gasteiger partial charge on any atom is 0.264 e. The van der Waals surface area contributed by atoms with Crippen LogP contribution in [0.4, 0.5) is 5.69 Å². The zero-order valence-corrected chi connectivity index (χ0v) is 27.3. The second-order valence-electron chi connectivity index (χ2n) is 10.2. The molecule has 0 saturated heterocycles. The van der Waals surface area contributed by atoms with E-state index in [1.54, 1.807) is 43.3 Å². The molecule has 0 heterocycles. The van der Waals surface area contributed by atoms with Gasteiger partial charge >= 0.3 is 0 Å². The smallest absolute Gasteiger partial charge is 0.264 e. The number of benzene rings is 4. The lowest BCUT2D eigenvalue weighted by Crippen LogP contribution is -2.53. The third-order valence-electron chi connectivity index (χ3n) is 6.93. The van der Waals surface area contributed by atoms with E-state index in [0.717, 1.165) is 15.4 Å². The van der Waals surface area contributed by atoms with Crippen molar-refractivity contribution in [1.82, 2.24) is 10.2 Å². The Morgan fingerprint density at radius 3 is 2.16 bits per heavy atom. The van der Waals surface area contributed by atoms with E-state index in [9.17, 15) is 18.0 Å². The summed E-state index contributed by atoms with van der Waals surface area (Å²) in [5, 5.41) is 3.85. The van der Waals surface area contributed by atoms with Crippen LogP contribution in [0.1, 0.15) is 23.6 Å². The van der Waals surface area contributed by atoms with Gasteiger partial charge in [0.25, 0.3) is 10.0 Å². The molecular formula is C33H32Cl3N3O4S. The standard InChI is InChI=1S/C33H32Cl3N3O4S/c1-3-37-33(41)31(20-24-9-5-4-6-10-24)38(21-25-12-17-29(35)30(36)19-25)32(40)22-39(27-11-7-8-23(2)18-27)44(42,43)28-15-13-26(34)14-16-28/h4-19,31H,3,20-22H2,1-2H3,(H,37,41). The van der Waals surface area contributed by atoms with Crippen LogP contribution < -0.4 is 9.62 Å². The molecule has 0 bridgehead atoms. The molecule has 11 heteroatoms. The Labute approximate surface area is 273 Å². The Morgan fingerprint density at radius 1 is 0.818 bits per heavy atom. The van der Waals surface area contributed by atoms with Gasteiger partial charge in [0.05, 0.1) is 20.6 Å². The number of carbonyl (C=O) groups excluding carboxylic acids is 2. The Bertz CT molecular complexity index is 1720. The van der Waals surface area contributed by atoms with E-state index >= 15 is 0 Å². The summed E-state index contributed by atoms with van der Waals surface area (Å²) in [4.78, 5) is 29.3. The summed E-state index contributed by atoms with van der Waals surface area (Å²) in [6.07, 6.45) is 0.202. The fourth-order valence-electron chi connectivity index (χ4n) is 4.73. The zero-order chi connectivity index (χ0) is 31.9. The van der Waals surface area contributed by atoms with Crippen LogP contribution in [0, 0.1) is 6.92 Å². The molecule has 4 rings (SSSR count). The number of hydrogen-bond donors (Lipinski definition) is 1. The van der Waals surface area contributed by atoms with E-state index < -0.39 is 28.5 Å². The first-order valence-electron chi connectivity index (χ1n) is 13.9. The molecule has 0 spiro atoms. The molecule has 7 nitrogen and oxygen atoms in total. The summed E-state index contributed by atoms with van der Waals surface area (Å²) in [5.41, 5.74) is 2.57. The lowest BCUT2D eigenvalue weighted by atomic mass is 10.0. The number of nitrogens with zero attached hydrogens (tertiary/aromatic N) is 2. The number of anilines is 1. The number of rotatable bonds is 12. The highest BCUT2D eigenvalue weighted by Gasteiger charge is 2.34. The van der Waals surface area contributed by atoms with Gasteiger partial charge in [-0.1, -0.05) is 83.3 Å². The van der Waals surface area contributed by atoms with Gasteiger partial charge in [0.1, 0.15) is 12.6 Å². The van der Waals surface area contributed by atoms with Crippen molar-refractivity contribution in [3.63, 3.8) is 0 Å². The maximum atomic E-state index is 14.4. The monoisotopic (exact) mass is 671 g/mol. The molecule has 0 aliphatic heterocycles. The summed E-state index contributed by atoms with van der Waals surface area (Å²) in [7, 11) is -4.23. The first kappa shape index (κ1) is 33.3. The highest BCUT2D eigenvalue weighted by Crippen LogP contribution is 2.28. The van der Waals surface area contributed by atoms with Gasteiger partial charge in [0.2, 0.25) is 11.8 Å². The Hall–Kier alpha value is -3.56. The minimum atomic E-state index is -4.23. The van der Waals surface area contributed by atoms with Gasteiger partial charge in [-0.2, -0.15) is 0 Å². The SMILES string of the molecule is CCNC(=O)C(Cc1ccccc1)N(Cc1ccc(Cl)c(Cl)c1)C(=O)CN(c1cccc(C)c1)S(=O)(=O)c1ccc(Cl)cc1. The summed E-state index contributed by atoms with van der Waals surface area (Å²) in [6, 6.07) is 25.9. The number of nitrogens with one attached hydrogen (secondary N) is 1. The summed E-state index contributed by atoms with van der Waals surface area (Å²) in [6.45, 7) is 3.38. The molecule has 0 aliphatic rings. The minimum Gasteiger partial charge on any atom is -0.355 e. The summed E-state index contributed by atoms with van der Waals surface area (Å²) >= 11 is 18.5. The van der Waals surface area contributed by atoms with E-state index in [-0.39, 0.29) is 23.8 Å². The van der Waals surface area contributed by atoms with Crippen molar-refractivity contribution in [2.24, 2.45) is 0 Å². The first-order chi connectivity index (χ1) is 21.0. The molecule has 1 unspecified atom stereocenters. The fourth-order valence-corrected chi connectivity index (χ4v) is 6.58. The van der Waals surface area contributed by atoms with Crippen molar-refractivity contribution < 1.29 is 18.0 Å². The average molecular weight is 673 g/mol. The quantitative estimate of drug-likeness (QED) is 0.177. The molecule has 4 aromatic carbocycles. The topological polar surface area (TPSA) is 86.8 Å². The van der Waals surface area contributed by atoms with Crippen LogP contribution in [-0.4, -0.2) is 44.3 Å². The van der Waals surface area contributed by atoms with Gasteiger partial charge in [0.15, 0.2) is 0 Å². The molecule has 1 N–H and O–H groups in total. The van der Waals surface area contributed by atoms with E-state index in [1.165, 1.54) is 29.2 Å². The number of sulfonamides is 1. The van der Waals surface area contributed by atoms with Gasteiger partial charge in [0, 0.05) is 24.5 Å². The summed E-state index contributed by atoms with van der Waals surface area (Å²) in [5.74, 6) is -0.949. The zero-order valence-electron chi connectivity index (χ0n) is 24.2. The molecule has 0 radical (unpaired) electrons. The third kappa shape index (κ3) is 8.33. The largest absolute Gasteiger partial charge is 0.355 e. The van der Waals surface area contributed by atoms with Gasteiger partial charge in [-0.25, -0.2) is 8.42 Å². The van der Waals surface area contributed by atoms with Crippen molar-refractivity contribution in [3.8, 4) is 0 Å². The Kier molecular flexibility index (Phi) is 11.3. The Balaban J connectivity index is 1.81. The van der Waals surface area contributed by atoms with E-state index in [1.807, 2.05) is 43.3 Å². The second-order valence-corrected chi connectivity index (χ2v) is 13.3. The van der Waals surface area contributed by atoms with Crippen LogP contribution >= 0.6 is 34.8 Å². The molecule has 0 fully saturated rings. The number of hydrogen-bond acceptors (Lipinski definition) is 4. The van der Waals surface area contributed by atoms with Crippen LogP contribution in [0.3, 0.4) is 0 Å². The first-order valence-corrected chi connectivity index (χ1v) is 16.5. The van der Waals surface area contributed by atoms with Crippen molar-refractivity contribution in [3.05, 3.63) is 129 Å². The number of likely N-dealkylation sites (N-methyl/N-ethyl adjacent to an activating group) is 1. The van der Waals surface area contributed by atoms with Gasteiger partial charge in [-0.3, -0.25) is 13.9 Å². The molecule has 0 aromatic heterocycles. The molecule has 44 heavy (non-hydrogen) atoms. The van der Waals surface area contributed by atoms with Crippen molar-refractivity contribution in [1.29, 1.82) is 0 Å². The number of halogens is 3. The second kappa shape index (κ2) is 14.9. The number of amides is 2. The van der Waals surface area contributed by atoms with Gasteiger partial charge in [-0.15, -0.1) is 0 Å². The predicted octanol–water partition coefficient (Wildman–Crippen LogP) is 6.93. The van der Waals surface area contributed by atoms with Crippen molar-refractivity contribution in [2.75, 3.05) is 17.4 Å². The average Bonchev–Trinajstić information content (AvgIpc) is 3.00. The lowest BCUT2D eigenvalue weighted by molar-refractivity contribution is -0.140. The van der Waals surface area contributed by atoms with Crippen LogP contribution in [-0.2, 0) is 32.6 Å². The maximum absolute atomic E-state index is 14.4. The van der Waals surface area contributed by atoms with Gasteiger partial charge in [-0.05, 0) is 79.1 Å². The molecular weight excluding hydrogens is 641 g/mol. The van der Waals surface area contributed by atoms with Crippen LogP contribution in [0.2, 0.25) is 15.1 Å². The van der Waals surface area contributed by atoms with Gasteiger partial charge < -0.3 is 10.2 Å². The molecule has 4 aromatic rings. The highest BCUT2D eigenvalue weighted by atomic mass is 35.5. The number of carbonyl (C=O) groups is 2.